The highest BCUT2D eigenvalue weighted by molar-refractivity contribution is 6.12. The van der Waals surface area contributed by atoms with Gasteiger partial charge in [0.05, 0.1) is 5.41 Å². The smallest absolute Gasteiger partial charge is 0.136 e. The Kier molecular flexibility index (Phi) is 10.8. The van der Waals surface area contributed by atoms with Crippen LogP contribution in [0.4, 0.5) is 17.1 Å². The Hall–Kier alpha value is -9.76. The van der Waals surface area contributed by atoms with Gasteiger partial charge in [-0.3, -0.25) is 0 Å². The number of rotatable bonds is 10. The van der Waals surface area contributed by atoms with Crippen LogP contribution in [0.3, 0.4) is 0 Å². The Balaban J connectivity index is 0.889. The fourth-order valence-electron chi connectivity index (χ4n) is 12.0. The van der Waals surface area contributed by atoms with Gasteiger partial charge in [-0.25, -0.2) is 0 Å². The monoisotopic (exact) mass is 955 g/mol. The van der Waals surface area contributed by atoms with Crippen molar-refractivity contribution in [3.05, 3.63) is 320 Å². The minimum atomic E-state index is -0.471. The number of benzene rings is 12. The van der Waals surface area contributed by atoms with Gasteiger partial charge >= 0.3 is 0 Å². The predicted octanol–water partition coefficient (Wildman–Crippen LogP) is 19.8. The van der Waals surface area contributed by atoms with Gasteiger partial charge in [0, 0.05) is 27.8 Å². The molecule has 2 heteroatoms. The summed E-state index contributed by atoms with van der Waals surface area (Å²) in [7, 11) is 0. The average Bonchev–Trinajstić information content (AvgIpc) is 4.05. The maximum absolute atomic E-state index is 6.32. The largest absolute Gasteiger partial charge is 0.456 e. The highest BCUT2D eigenvalue weighted by Crippen LogP contribution is 2.58. The molecule has 14 rings (SSSR count). The molecule has 1 heterocycles. The topological polar surface area (TPSA) is 16.4 Å². The molecule has 1 aliphatic rings. The highest BCUT2D eigenvalue weighted by atomic mass is 16.3. The third kappa shape index (κ3) is 7.41. The van der Waals surface area contributed by atoms with Crippen LogP contribution in [0.15, 0.2) is 302 Å². The third-order valence-electron chi connectivity index (χ3n) is 15.4. The molecule has 0 amide bonds. The molecule has 0 saturated carbocycles. The van der Waals surface area contributed by atoms with E-state index in [1.54, 1.807) is 0 Å². The summed E-state index contributed by atoms with van der Waals surface area (Å²) < 4.78 is 6.32. The molecule has 0 saturated heterocycles. The van der Waals surface area contributed by atoms with E-state index in [0.717, 1.165) is 55.7 Å². The fraction of sp³-hybridized carbons (Fsp3) is 0.0137. The van der Waals surface area contributed by atoms with Crippen LogP contribution < -0.4 is 4.90 Å². The Bertz CT molecular complexity index is 4140. The van der Waals surface area contributed by atoms with E-state index >= 15 is 0 Å². The predicted molar refractivity (Wildman–Crippen MR) is 313 cm³/mol. The maximum atomic E-state index is 6.32. The van der Waals surface area contributed by atoms with Crippen molar-refractivity contribution in [3.63, 3.8) is 0 Å². The van der Waals surface area contributed by atoms with E-state index in [2.05, 4.69) is 290 Å². The van der Waals surface area contributed by atoms with Gasteiger partial charge in [0.25, 0.3) is 0 Å². The van der Waals surface area contributed by atoms with Crippen LogP contribution in [0, 0.1) is 0 Å². The zero-order valence-corrected chi connectivity index (χ0v) is 41.1. The molecule has 13 aromatic rings. The van der Waals surface area contributed by atoms with Gasteiger partial charge in [0.1, 0.15) is 11.2 Å². The molecule has 0 spiro atoms. The lowest BCUT2D eigenvalue weighted by molar-refractivity contribution is 0.669. The molecule has 0 radical (unpaired) electrons. The summed E-state index contributed by atoms with van der Waals surface area (Å²) in [5, 5.41) is 2.26. The number of furan rings is 1. The number of hydrogen-bond acceptors (Lipinski definition) is 2. The lowest BCUT2D eigenvalue weighted by Gasteiger charge is -2.34. The van der Waals surface area contributed by atoms with Crippen LogP contribution in [0.1, 0.15) is 22.3 Å². The van der Waals surface area contributed by atoms with Crippen molar-refractivity contribution in [2.75, 3.05) is 4.90 Å². The quantitative estimate of drug-likeness (QED) is 0.136. The summed E-state index contributed by atoms with van der Waals surface area (Å²) in [5.74, 6) is 0. The van der Waals surface area contributed by atoms with Gasteiger partial charge in [0.2, 0.25) is 0 Å². The third-order valence-corrected chi connectivity index (χ3v) is 15.4. The second-order valence-electron chi connectivity index (χ2n) is 19.5. The summed E-state index contributed by atoms with van der Waals surface area (Å²) in [6.45, 7) is 0. The number of para-hydroxylation sites is 1. The maximum Gasteiger partial charge on any atom is 0.136 e. The lowest BCUT2D eigenvalue weighted by Crippen LogP contribution is -2.28. The molecule has 0 aliphatic heterocycles. The molecule has 0 fully saturated rings. The van der Waals surface area contributed by atoms with Gasteiger partial charge in [-0.2, -0.15) is 0 Å². The van der Waals surface area contributed by atoms with E-state index < -0.39 is 5.41 Å². The van der Waals surface area contributed by atoms with E-state index in [-0.39, 0.29) is 0 Å². The summed E-state index contributed by atoms with van der Waals surface area (Å²) in [6.07, 6.45) is 0. The number of hydrogen-bond donors (Lipinski definition) is 0. The molecule has 12 aromatic carbocycles. The lowest BCUT2D eigenvalue weighted by atomic mass is 9.67. The molecular weight excluding hydrogens is 907 g/mol. The van der Waals surface area contributed by atoms with E-state index in [1.807, 2.05) is 12.1 Å². The van der Waals surface area contributed by atoms with E-state index in [0.29, 0.717) is 0 Å². The Labute approximate surface area is 437 Å². The van der Waals surface area contributed by atoms with Crippen molar-refractivity contribution in [2.45, 2.75) is 5.41 Å². The van der Waals surface area contributed by atoms with Crippen LogP contribution in [0.25, 0.3) is 88.7 Å². The Morgan fingerprint density at radius 3 is 1.35 bits per heavy atom. The normalized spacial score (nSPS) is 12.4. The first-order chi connectivity index (χ1) is 37.2. The molecule has 0 unspecified atom stereocenters. The van der Waals surface area contributed by atoms with Crippen molar-refractivity contribution in [1.82, 2.24) is 0 Å². The van der Waals surface area contributed by atoms with Crippen molar-refractivity contribution in [2.24, 2.45) is 0 Å². The first-order valence-corrected chi connectivity index (χ1v) is 25.8. The average molecular weight is 956 g/mol. The van der Waals surface area contributed by atoms with Crippen molar-refractivity contribution in [3.8, 4) is 66.8 Å². The molecule has 352 valence electrons. The molecule has 1 aromatic heterocycles. The van der Waals surface area contributed by atoms with Crippen molar-refractivity contribution in [1.29, 1.82) is 0 Å². The molecule has 0 bridgehead atoms. The van der Waals surface area contributed by atoms with E-state index in [4.69, 9.17) is 4.42 Å². The molecule has 1 aliphatic carbocycles. The van der Waals surface area contributed by atoms with Gasteiger partial charge in [0.15, 0.2) is 0 Å². The zero-order chi connectivity index (χ0) is 49.7. The fourth-order valence-corrected chi connectivity index (χ4v) is 12.0. The van der Waals surface area contributed by atoms with E-state index in [1.165, 1.54) is 72.3 Å². The first-order valence-electron chi connectivity index (χ1n) is 25.8. The Morgan fingerprint density at radius 1 is 0.267 bits per heavy atom. The highest BCUT2D eigenvalue weighted by Gasteiger charge is 2.46. The van der Waals surface area contributed by atoms with E-state index in [9.17, 15) is 0 Å². The SMILES string of the molecule is c1ccc(-c2ccc(-c3ccc(N(c4ccc(-c5cccc6c5-c5ccccc5C6(c5ccccc5)c5ccccc5)cc4)c4ccc(-c5cccc6oc7ccccc7c56)cc4)cc3)c(-c3ccccc3)c2)cc1. The van der Waals surface area contributed by atoms with Crippen LogP contribution in [-0.4, -0.2) is 0 Å². The molecular formula is C73H49NO. The number of fused-ring (bicyclic) bond motifs is 6. The number of anilines is 3. The summed E-state index contributed by atoms with van der Waals surface area (Å²) in [4.78, 5) is 2.38. The molecule has 2 nitrogen and oxygen atoms in total. The second-order valence-corrected chi connectivity index (χ2v) is 19.5. The van der Waals surface area contributed by atoms with Crippen LogP contribution in [-0.2, 0) is 5.41 Å². The van der Waals surface area contributed by atoms with Gasteiger partial charge in [-0.1, -0.05) is 243 Å². The summed E-state index contributed by atoms with van der Waals surface area (Å²) in [5.41, 5.74) is 24.0. The standard InChI is InChI=1S/C73H49NO/c1-5-19-50(20-6-1)55-41-48-61(66(49-55)51-21-7-2-8-22-51)52-35-42-58(43-36-52)74(60-46-39-54(40-47-60)63-30-18-34-70-72(63)65-28-14-16-33-69(65)75-70)59-44-37-53(38-45-59)62-29-17-32-68-71(62)64-27-13-15-31-67(64)73(68,56-23-9-3-10-24-56)57-25-11-4-12-26-57/h1-49H. The molecule has 0 atom stereocenters. The summed E-state index contributed by atoms with van der Waals surface area (Å²) in [6, 6.07) is 108. The van der Waals surface area contributed by atoms with Crippen molar-refractivity contribution < 1.29 is 4.42 Å². The number of nitrogens with zero attached hydrogens (tertiary/aromatic N) is 1. The van der Waals surface area contributed by atoms with Gasteiger partial charge in [-0.05, 0) is 144 Å². The minimum Gasteiger partial charge on any atom is -0.456 e. The Morgan fingerprint density at radius 2 is 0.707 bits per heavy atom. The van der Waals surface area contributed by atoms with Gasteiger partial charge < -0.3 is 9.32 Å². The molecule has 0 N–H and O–H groups in total. The van der Waals surface area contributed by atoms with Crippen LogP contribution in [0.2, 0.25) is 0 Å². The minimum absolute atomic E-state index is 0.471. The molecule has 75 heavy (non-hydrogen) atoms. The van der Waals surface area contributed by atoms with Crippen LogP contribution >= 0.6 is 0 Å². The summed E-state index contributed by atoms with van der Waals surface area (Å²) >= 11 is 0. The second kappa shape index (κ2) is 18.4. The van der Waals surface area contributed by atoms with Gasteiger partial charge in [-0.15, -0.1) is 0 Å². The van der Waals surface area contributed by atoms with Crippen molar-refractivity contribution >= 4 is 39.0 Å². The zero-order valence-electron chi connectivity index (χ0n) is 41.1. The first kappa shape index (κ1) is 44.0. The van der Waals surface area contributed by atoms with Crippen LogP contribution in [0.5, 0.6) is 0 Å².